The summed E-state index contributed by atoms with van der Waals surface area (Å²) in [5.74, 6) is -0.816. The predicted molar refractivity (Wildman–Crippen MR) is 84.9 cm³/mol. The zero-order valence-electron chi connectivity index (χ0n) is 12.3. The van der Waals surface area contributed by atoms with Crippen molar-refractivity contribution in [3.8, 4) is 0 Å². The van der Waals surface area contributed by atoms with Gasteiger partial charge in [-0.3, -0.25) is 4.79 Å². The first-order valence-electron chi connectivity index (χ1n) is 7.24. The fourth-order valence-electron chi connectivity index (χ4n) is 2.65. The van der Waals surface area contributed by atoms with E-state index in [9.17, 15) is 13.2 Å². The molecule has 0 aliphatic heterocycles. The molecule has 1 amide bonds. The molecule has 2 N–H and O–H groups in total. The summed E-state index contributed by atoms with van der Waals surface area (Å²) in [6.07, 6.45) is 4.32. The summed E-state index contributed by atoms with van der Waals surface area (Å²) in [7, 11) is -1.77. The van der Waals surface area contributed by atoms with Gasteiger partial charge in [0.25, 0.3) is 0 Å². The normalized spacial score (nSPS) is 16.6. The highest BCUT2D eigenvalue weighted by Crippen LogP contribution is 2.25. The summed E-state index contributed by atoms with van der Waals surface area (Å²) >= 11 is 0. The molecule has 5 nitrogen and oxygen atoms in total. The molecule has 0 heterocycles. The highest BCUT2D eigenvalue weighted by Gasteiger charge is 2.30. The van der Waals surface area contributed by atoms with E-state index in [4.69, 9.17) is 5.73 Å². The summed E-state index contributed by atoms with van der Waals surface area (Å²) in [6, 6.07) is 6.80. The monoisotopic (exact) mass is 310 g/mol. The third kappa shape index (κ3) is 3.97. The third-order valence-corrected chi connectivity index (χ3v) is 6.18. The van der Waals surface area contributed by atoms with Gasteiger partial charge in [-0.1, -0.05) is 19.3 Å². The number of hydrogen-bond donors (Lipinski definition) is 1. The Bertz CT molecular complexity index is 590. The number of rotatable bonds is 4. The Hall–Kier alpha value is -1.56. The molecule has 2 rings (SSSR count). The van der Waals surface area contributed by atoms with Crippen LogP contribution in [0.25, 0.3) is 0 Å². The van der Waals surface area contributed by atoms with Crippen LogP contribution in [0.5, 0.6) is 0 Å². The van der Waals surface area contributed by atoms with Crippen molar-refractivity contribution < 1.29 is 13.2 Å². The highest BCUT2D eigenvalue weighted by molar-refractivity contribution is 7.92. The van der Waals surface area contributed by atoms with E-state index in [0.29, 0.717) is 24.2 Å². The first-order chi connectivity index (χ1) is 9.90. The van der Waals surface area contributed by atoms with Crippen molar-refractivity contribution in [1.29, 1.82) is 0 Å². The van der Waals surface area contributed by atoms with E-state index in [2.05, 4.69) is 0 Å². The molecule has 1 fully saturated rings. The van der Waals surface area contributed by atoms with Gasteiger partial charge in [-0.2, -0.15) is 0 Å². The van der Waals surface area contributed by atoms with Gasteiger partial charge in [0, 0.05) is 18.4 Å². The summed E-state index contributed by atoms with van der Waals surface area (Å²) in [5, 5.41) is -0.352. The first kappa shape index (κ1) is 15.8. The molecule has 0 spiro atoms. The number of carbonyl (C=O) groups excluding carboxylic acids is 1. The second kappa shape index (κ2) is 6.47. The lowest BCUT2D eigenvalue weighted by molar-refractivity contribution is -0.115. The van der Waals surface area contributed by atoms with Crippen molar-refractivity contribution in [3.63, 3.8) is 0 Å². The maximum absolute atomic E-state index is 12.3. The van der Waals surface area contributed by atoms with Gasteiger partial charge in [0.2, 0.25) is 5.91 Å². The Balaban J connectivity index is 2.04. The molecule has 116 valence electrons. The van der Waals surface area contributed by atoms with Gasteiger partial charge in [-0.05, 0) is 37.1 Å². The van der Waals surface area contributed by atoms with Gasteiger partial charge >= 0.3 is 0 Å². The topological polar surface area (TPSA) is 80.5 Å². The lowest BCUT2D eigenvalue weighted by Crippen LogP contribution is -2.37. The lowest BCUT2D eigenvalue weighted by atomic mass is 10.0. The maximum Gasteiger partial charge on any atom is 0.241 e. The average molecular weight is 310 g/mol. The standard InChI is InChI=1S/C15H22N2O3S/c1-17(13-9-7-12(16)8-10-13)15(18)11-21(19,20)14-5-3-2-4-6-14/h7-10,14H,2-6,11,16H2,1H3. The summed E-state index contributed by atoms with van der Waals surface area (Å²) in [5.41, 5.74) is 6.86. The van der Waals surface area contributed by atoms with E-state index >= 15 is 0 Å². The van der Waals surface area contributed by atoms with Crippen LogP contribution in [0.15, 0.2) is 24.3 Å². The number of nitrogens with two attached hydrogens (primary N) is 1. The molecule has 0 radical (unpaired) electrons. The number of hydrogen-bond acceptors (Lipinski definition) is 4. The molecule has 1 aromatic rings. The van der Waals surface area contributed by atoms with Crippen LogP contribution in [0.2, 0.25) is 0 Å². The van der Waals surface area contributed by atoms with Gasteiger partial charge in [0.05, 0.1) is 5.25 Å². The molecule has 1 aromatic carbocycles. The Morgan fingerprint density at radius 2 is 1.76 bits per heavy atom. The van der Waals surface area contributed by atoms with Crippen molar-refractivity contribution in [2.75, 3.05) is 23.4 Å². The SMILES string of the molecule is CN(C(=O)CS(=O)(=O)C1CCCCC1)c1ccc(N)cc1. The average Bonchev–Trinajstić information content (AvgIpc) is 2.48. The first-order valence-corrected chi connectivity index (χ1v) is 8.95. The molecular formula is C15H22N2O3S. The van der Waals surface area contributed by atoms with Crippen LogP contribution in [0.4, 0.5) is 11.4 Å². The molecule has 0 aromatic heterocycles. The number of anilines is 2. The summed E-state index contributed by atoms with van der Waals surface area (Å²) in [4.78, 5) is 13.6. The minimum Gasteiger partial charge on any atom is -0.399 e. The zero-order valence-corrected chi connectivity index (χ0v) is 13.1. The second-order valence-corrected chi connectivity index (χ2v) is 7.89. The van der Waals surface area contributed by atoms with Gasteiger partial charge in [0.1, 0.15) is 5.75 Å². The molecule has 6 heteroatoms. The van der Waals surface area contributed by atoms with Crippen LogP contribution in [-0.2, 0) is 14.6 Å². The fraction of sp³-hybridized carbons (Fsp3) is 0.533. The third-order valence-electron chi connectivity index (χ3n) is 4.04. The second-order valence-electron chi connectivity index (χ2n) is 5.61. The molecular weight excluding hydrogens is 288 g/mol. The lowest BCUT2D eigenvalue weighted by Gasteiger charge is -2.23. The number of nitrogens with zero attached hydrogens (tertiary/aromatic N) is 1. The Morgan fingerprint density at radius 1 is 1.19 bits per heavy atom. The van der Waals surface area contributed by atoms with E-state index < -0.39 is 21.5 Å². The highest BCUT2D eigenvalue weighted by atomic mass is 32.2. The number of benzene rings is 1. The van der Waals surface area contributed by atoms with Crippen LogP contribution in [0.3, 0.4) is 0 Å². The maximum atomic E-state index is 12.3. The number of amides is 1. The number of nitrogen functional groups attached to an aromatic ring is 1. The number of sulfone groups is 1. The summed E-state index contributed by atoms with van der Waals surface area (Å²) in [6.45, 7) is 0. The van der Waals surface area contributed by atoms with Crippen LogP contribution < -0.4 is 10.6 Å². The molecule has 1 aliphatic carbocycles. The van der Waals surface area contributed by atoms with Crippen LogP contribution in [0, 0.1) is 0 Å². The summed E-state index contributed by atoms with van der Waals surface area (Å²) < 4.78 is 24.6. The van der Waals surface area contributed by atoms with Gasteiger partial charge in [-0.25, -0.2) is 8.42 Å². The minimum atomic E-state index is -3.36. The van der Waals surface area contributed by atoms with Crippen molar-refractivity contribution in [1.82, 2.24) is 0 Å². The van der Waals surface area contributed by atoms with Gasteiger partial charge in [-0.15, -0.1) is 0 Å². The Labute approximate surface area is 126 Å². The zero-order chi connectivity index (χ0) is 15.5. The van der Waals surface area contributed by atoms with E-state index in [1.165, 1.54) is 4.90 Å². The van der Waals surface area contributed by atoms with Crippen LogP contribution in [-0.4, -0.2) is 32.4 Å². The molecule has 21 heavy (non-hydrogen) atoms. The van der Waals surface area contributed by atoms with E-state index in [1.54, 1.807) is 31.3 Å². The molecule has 0 bridgehead atoms. The van der Waals surface area contributed by atoms with E-state index in [-0.39, 0.29) is 5.25 Å². The van der Waals surface area contributed by atoms with Gasteiger partial charge < -0.3 is 10.6 Å². The Kier molecular flexibility index (Phi) is 4.88. The van der Waals surface area contributed by atoms with E-state index in [0.717, 1.165) is 19.3 Å². The van der Waals surface area contributed by atoms with Crippen molar-refractivity contribution in [3.05, 3.63) is 24.3 Å². The van der Waals surface area contributed by atoms with Crippen molar-refractivity contribution in [2.24, 2.45) is 0 Å². The van der Waals surface area contributed by atoms with E-state index in [1.807, 2.05) is 0 Å². The molecule has 1 saturated carbocycles. The Morgan fingerprint density at radius 3 is 2.33 bits per heavy atom. The molecule has 0 saturated heterocycles. The fourth-order valence-corrected chi connectivity index (χ4v) is 4.48. The van der Waals surface area contributed by atoms with Crippen molar-refractivity contribution in [2.45, 2.75) is 37.4 Å². The van der Waals surface area contributed by atoms with Crippen molar-refractivity contribution >= 4 is 27.1 Å². The van der Waals surface area contributed by atoms with Gasteiger partial charge in [0.15, 0.2) is 9.84 Å². The molecule has 1 aliphatic rings. The molecule has 0 unspecified atom stereocenters. The molecule has 0 atom stereocenters. The quantitative estimate of drug-likeness (QED) is 0.862. The van der Waals surface area contributed by atoms with Crippen LogP contribution in [0.1, 0.15) is 32.1 Å². The van der Waals surface area contributed by atoms with Crippen LogP contribution >= 0.6 is 0 Å². The minimum absolute atomic E-state index is 0.352. The smallest absolute Gasteiger partial charge is 0.241 e. The number of carbonyl (C=O) groups is 1. The largest absolute Gasteiger partial charge is 0.399 e. The predicted octanol–water partition coefficient (Wildman–Crippen LogP) is 1.98.